The molecule has 0 saturated heterocycles. The highest BCUT2D eigenvalue weighted by Crippen LogP contribution is 2.33. The summed E-state index contributed by atoms with van der Waals surface area (Å²) < 4.78 is 5.58. The van der Waals surface area contributed by atoms with Crippen LogP contribution in [0, 0.1) is 6.92 Å². The molecule has 0 radical (unpaired) electrons. The molecule has 0 spiro atoms. The second-order valence-corrected chi connectivity index (χ2v) is 4.31. The van der Waals surface area contributed by atoms with Crippen molar-refractivity contribution in [2.45, 2.75) is 27.2 Å². The van der Waals surface area contributed by atoms with Gasteiger partial charge in [-0.25, -0.2) is 4.98 Å². The molecule has 17 heavy (non-hydrogen) atoms. The Hall–Kier alpha value is -1.28. The molecule has 3 heteroatoms. The van der Waals surface area contributed by atoms with E-state index >= 15 is 0 Å². The lowest BCUT2D eigenvalue weighted by molar-refractivity contribution is 0.343. The number of benzene rings is 1. The third-order valence-electron chi connectivity index (χ3n) is 2.87. The Balaban J connectivity index is 2.76. The van der Waals surface area contributed by atoms with Gasteiger partial charge in [0.2, 0.25) is 0 Å². The Morgan fingerprint density at radius 1 is 1.29 bits per heavy atom. The molecule has 90 valence electrons. The number of fused-ring (bicyclic) bond motifs is 1. The molecule has 0 unspecified atom stereocenters. The molecule has 2 nitrogen and oxygen atoms in total. The summed E-state index contributed by atoms with van der Waals surface area (Å²) in [5, 5.41) is 1.77. The van der Waals surface area contributed by atoms with Crippen LogP contribution in [-0.4, -0.2) is 11.6 Å². The Kier molecular flexibility index (Phi) is 3.53. The fourth-order valence-corrected chi connectivity index (χ4v) is 2.48. The third kappa shape index (κ3) is 2.09. The number of rotatable bonds is 3. The first-order chi connectivity index (χ1) is 8.19. The zero-order valence-electron chi connectivity index (χ0n) is 10.4. The number of halogens is 1. The number of para-hydroxylation sites is 1. The molecule has 1 heterocycles. The molecule has 0 aliphatic heterocycles. The minimum Gasteiger partial charge on any atom is -0.492 e. The van der Waals surface area contributed by atoms with Crippen molar-refractivity contribution in [3.8, 4) is 5.75 Å². The van der Waals surface area contributed by atoms with Gasteiger partial charge in [-0.2, -0.15) is 0 Å². The fraction of sp³-hybridized carbons (Fsp3) is 0.357. The zero-order chi connectivity index (χ0) is 12.4. The lowest BCUT2D eigenvalue weighted by Gasteiger charge is -2.12. The maximum Gasteiger partial charge on any atom is 0.145 e. The molecular formula is C14H16ClNO. The summed E-state index contributed by atoms with van der Waals surface area (Å²) in [5.74, 6) is 0.803. The molecule has 0 fully saturated rings. The average molecular weight is 250 g/mol. The highest BCUT2D eigenvalue weighted by Gasteiger charge is 2.12. The van der Waals surface area contributed by atoms with Gasteiger partial charge >= 0.3 is 0 Å². The molecule has 1 aromatic carbocycles. The second kappa shape index (κ2) is 4.92. The summed E-state index contributed by atoms with van der Waals surface area (Å²) in [4.78, 5) is 4.62. The number of aromatic nitrogens is 1. The van der Waals surface area contributed by atoms with Crippen LogP contribution in [0.4, 0.5) is 0 Å². The van der Waals surface area contributed by atoms with Crippen LogP contribution < -0.4 is 4.74 Å². The summed E-state index contributed by atoms with van der Waals surface area (Å²) in [6.45, 7) is 6.68. The van der Waals surface area contributed by atoms with E-state index in [2.05, 4.69) is 11.9 Å². The van der Waals surface area contributed by atoms with Gasteiger partial charge < -0.3 is 4.74 Å². The van der Waals surface area contributed by atoms with Crippen LogP contribution in [0.5, 0.6) is 5.75 Å². The second-order valence-electron chi connectivity index (χ2n) is 3.93. The Bertz CT molecular complexity index is 551. The summed E-state index contributed by atoms with van der Waals surface area (Å²) in [5.41, 5.74) is 2.96. The van der Waals surface area contributed by atoms with Crippen molar-refractivity contribution in [2.75, 3.05) is 6.61 Å². The van der Waals surface area contributed by atoms with E-state index in [1.807, 2.05) is 32.0 Å². The number of aryl methyl sites for hydroxylation is 1. The van der Waals surface area contributed by atoms with E-state index in [0.717, 1.165) is 39.4 Å². The maximum atomic E-state index is 6.42. The quantitative estimate of drug-likeness (QED) is 0.815. The predicted molar refractivity (Wildman–Crippen MR) is 72.0 cm³/mol. The lowest BCUT2D eigenvalue weighted by Crippen LogP contribution is -1.98. The summed E-state index contributed by atoms with van der Waals surface area (Å²) >= 11 is 6.42. The Morgan fingerprint density at radius 2 is 2.06 bits per heavy atom. The topological polar surface area (TPSA) is 22.1 Å². The normalized spacial score (nSPS) is 10.8. The molecule has 0 aliphatic carbocycles. The Morgan fingerprint density at radius 3 is 2.71 bits per heavy atom. The van der Waals surface area contributed by atoms with Crippen LogP contribution in [0.3, 0.4) is 0 Å². The number of pyridine rings is 1. The minimum atomic E-state index is 0.632. The number of hydrogen-bond donors (Lipinski definition) is 0. The van der Waals surface area contributed by atoms with Crippen LogP contribution >= 0.6 is 11.6 Å². The van der Waals surface area contributed by atoms with Crippen LogP contribution in [0.25, 0.3) is 10.9 Å². The van der Waals surface area contributed by atoms with E-state index in [-0.39, 0.29) is 0 Å². The number of hydrogen-bond acceptors (Lipinski definition) is 2. The molecular weight excluding hydrogens is 234 g/mol. The van der Waals surface area contributed by atoms with Crippen molar-refractivity contribution in [1.29, 1.82) is 0 Å². The van der Waals surface area contributed by atoms with Gasteiger partial charge in [0, 0.05) is 11.1 Å². The zero-order valence-corrected chi connectivity index (χ0v) is 11.1. The SMILES string of the molecule is CCOc1cccc2c(Cl)c(CC)c(C)nc12. The van der Waals surface area contributed by atoms with Gasteiger partial charge in [0.05, 0.1) is 11.6 Å². The average Bonchev–Trinajstić information content (AvgIpc) is 2.31. The molecule has 0 atom stereocenters. The van der Waals surface area contributed by atoms with Gasteiger partial charge in [0.15, 0.2) is 0 Å². The predicted octanol–water partition coefficient (Wildman–Crippen LogP) is 4.16. The van der Waals surface area contributed by atoms with Crippen LogP contribution in [0.15, 0.2) is 18.2 Å². The van der Waals surface area contributed by atoms with E-state index < -0.39 is 0 Å². The van der Waals surface area contributed by atoms with E-state index in [1.54, 1.807) is 0 Å². The molecule has 0 saturated carbocycles. The first-order valence-corrected chi connectivity index (χ1v) is 6.27. The van der Waals surface area contributed by atoms with Crippen molar-refractivity contribution in [2.24, 2.45) is 0 Å². The standard InChI is InChI=1S/C14H16ClNO/c1-4-10-9(3)16-14-11(13(10)15)7-6-8-12(14)17-5-2/h6-8H,4-5H2,1-3H3. The van der Waals surface area contributed by atoms with Gasteiger partial charge in [-0.3, -0.25) is 0 Å². The molecule has 2 aromatic rings. The molecule has 1 aromatic heterocycles. The minimum absolute atomic E-state index is 0.632. The molecule has 0 aliphatic rings. The number of nitrogens with zero attached hydrogens (tertiary/aromatic N) is 1. The molecule has 0 bridgehead atoms. The third-order valence-corrected chi connectivity index (χ3v) is 3.30. The summed E-state index contributed by atoms with van der Waals surface area (Å²) in [7, 11) is 0. The van der Waals surface area contributed by atoms with E-state index in [1.165, 1.54) is 0 Å². The van der Waals surface area contributed by atoms with E-state index in [4.69, 9.17) is 16.3 Å². The van der Waals surface area contributed by atoms with Gasteiger partial charge in [0.25, 0.3) is 0 Å². The first kappa shape index (κ1) is 12.2. The van der Waals surface area contributed by atoms with Crippen LogP contribution in [0.2, 0.25) is 5.02 Å². The van der Waals surface area contributed by atoms with Crippen molar-refractivity contribution in [3.63, 3.8) is 0 Å². The fourth-order valence-electron chi connectivity index (χ4n) is 2.05. The van der Waals surface area contributed by atoms with E-state index in [0.29, 0.717) is 6.61 Å². The molecule has 2 rings (SSSR count). The first-order valence-electron chi connectivity index (χ1n) is 5.89. The molecule has 0 N–H and O–H groups in total. The Labute approximate surface area is 107 Å². The summed E-state index contributed by atoms with van der Waals surface area (Å²) in [6.07, 6.45) is 0.895. The lowest BCUT2D eigenvalue weighted by atomic mass is 10.1. The van der Waals surface area contributed by atoms with Gasteiger partial charge in [-0.15, -0.1) is 0 Å². The van der Waals surface area contributed by atoms with Gasteiger partial charge in [-0.05, 0) is 31.9 Å². The summed E-state index contributed by atoms with van der Waals surface area (Å²) in [6, 6.07) is 5.88. The monoisotopic (exact) mass is 249 g/mol. The van der Waals surface area contributed by atoms with Gasteiger partial charge in [-0.1, -0.05) is 30.7 Å². The van der Waals surface area contributed by atoms with Crippen LogP contribution in [-0.2, 0) is 6.42 Å². The van der Waals surface area contributed by atoms with E-state index in [9.17, 15) is 0 Å². The molecule has 0 amide bonds. The van der Waals surface area contributed by atoms with Crippen molar-refractivity contribution >= 4 is 22.5 Å². The van der Waals surface area contributed by atoms with Crippen molar-refractivity contribution in [1.82, 2.24) is 4.98 Å². The largest absolute Gasteiger partial charge is 0.492 e. The smallest absolute Gasteiger partial charge is 0.145 e. The van der Waals surface area contributed by atoms with Crippen molar-refractivity contribution in [3.05, 3.63) is 34.5 Å². The highest BCUT2D eigenvalue weighted by molar-refractivity contribution is 6.36. The van der Waals surface area contributed by atoms with Crippen LogP contribution in [0.1, 0.15) is 25.1 Å². The number of ether oxygens (including phenoxy) is 1. The van der Waals surface area contributed by atoms with Crippen molar-refractivity contribution < 1.29 is 4.74 Å². The van der Waals surface area contributed by atoms with Gasteiger partial charge in [0.1, 0.15) is 11.3 Å². The highest BCUT2D eigenvalue weighted by atomic mass is 35.5. The maximum absolute atomic E-state index is 6.42.